The number of rotatable bonds is 1. The average molecular weight is 182 g/mol. The summed E-state index contributed by atoms with van der Waals surface area (Å²) in [7, 11) is 0. The third-order valence-corrected chi connectivity index (χ3v) is 3.51. The first-order chi connectivity index (χ1) is 5.86. The van der Waals surface area contributed by atoms with Crippen LogP contribution in [0.1, 0.15) is 36.6 Å². The first-order valence-corrected chi connectivity index (χ1v) is 5.39. The van der Waals surface area contributed by atoms with Crippen molar-refractivity contribution in [3.63, 3.8) is 0 Å². The first-order valence-electron chi connectivity index (χ1n) is 4.51. The van der Waals surface area contributed by atoms with Gasteiger partial charge in [0.05, 0.1) is 5.01 Å². The fourth-order valence-corrected chi connectivity index (χ4v) is 2.61. The highest BCUT2D eigenvalue weighted by molar-refractivity contribution is 7.09. The predicted octanol–water partition coefficient (Wildman–Crippen LogP) is 2.13. The van der Waals surface area contributed by atoms with E-state index in [4.69, 9.17) is 5.73 Å². The molecule has 1 fully saturated rings. The summed E-state index contributed by atoms with van der Waals surface area (Å²) in [5.41, 5.74) is 5.83. The summed E-state index contributed by atoms with van der Waals surface area (Å²) in [6.45, 7) is 0. The molecule has 0 bridgehead atoms. The largest absolute Gasteiger partial charge is 0.328 e. The number of nitrogens with zero attached hydrogens (tertiary/aromatic N) is 1. The molecular formula is C9H14N2S. The van der Waals surface area contributed by atoms with E-state index in [9.17, 15) is 0 Å². The second-order valence-corrected chi connectivity index (χ2v) is 4.41. The molecule has 3 heteroatoms. The van der Waals surface area contributed by atoms with Gasteiger partial charge < -0.3 is 5.73 Å². The summed E-state index contributed by atoms with van der Waals surface area (Å²) in [4.78, 5) is 4.34. The molecule has 0 atom stereocenters. The SMILES string of the molecule is NC1CCC(c2nccs2)CC1. The molecule has 2 nitrogen and oxygen atoms in total. The van der Waals surface area contributed by atoms with Gasteiger partial charge in [-0.15, -0.1) is 11.3 Å². The molecule has 1 aliphatic rings. The highest BCUT2D eigenvalue weighted by Gasteiger charge is 2.21. The maximum absolute atomic E-state index is 5.83. The third-order valence-electron chi connectivity index (χ3n) is 2.57. The van der Waals surface area contributed by atoms with Gasteiger partial charge in [-0.1, -0.05) is 0 Å². The Morgan fingerprint density at radius 1 is 1.33 bits per heavy atom. The molecule has 1 saturated carbocycles. The molecule has 1 heterocycles. The lowest BCUT2D eigenvalue weighted by Gasteiger charge is -2.24. The van der Waals surface area contributed by atoms with Gasteiger partial charge in [0.25, 0.3) is 0 Å². The number of thiazole rings is 1. The maximum Gasteiger partial charge on any atom is 0.0955 e. The van der Waals surface area contributed by atoms with Crippen LogP contribution in [-0.4, -0.2) is 11.0 Å². The van der Waals surface area contributed by atoms with Gasteiger partial charge in [-0.25, -0.2) is 4.98 Å². The molecule has 2 N–H and O–H groups in total. The van der Waals surface area contributed by atoms with Crippen LogP contribution in [-0.2, 0) is 0 Å². The van der Waals surface area contributed by atoms with Gasteiger partial charge in [0.15, 0.2) is 0 Å². The molecule has 2 rings (SSSR count). The molecule has 0 amide bonds. The summed E-state index contributed by atoms with van der Waals surface area (Å²) in [6.07, 6.45) is 6.70. The first kappa shape index (κ1) is 8.20. The van der Waals surface area contributed by atoms with E-state index in [0.717, 1.165) is 0 Å². The fourth-order valence-electron chi connectivity index (χ4n) is 1.80. The molecule has 0 unspecified atom stereocenters. The van der Waals surface area contributed by atoms with Crippen molar-refractivity contribution in [3.8, 4) is 0 Å². The van der Waals surface area contributed by atoms with Crippen molar-refractivity contribution in [2.45, 2.75) is 37.6 Å². The molecule has 0 aromatic carbocycles. The molecular weight excluding hydrogens is 168 g/mol. The normalized spacial score (nSPS) is 30.4. The van der Waals surface area contributed by atoms with Crippen LogP contribution in [0.2, 0.25) is 0 Å². The van der Waals surface area contributed by atoms with Crippen LogP contribution in [0.15, 0.2) is 11.6 Å². The number of hydrogen-bond acceptors (Lipinski definition) is 3. The van der Waals surface area contributed by atoms with Crippen LogP contribution in [0.4, 0.5) is 0 Å². The van der Waals surface area contributed by atoms with E-state index in [0.29, 0.717) is 12.0 Å². The molecule has 12 heavy (non-hydrogen) atoms. The summed E-state index contributed by atoms with van der Waals surface area (Å²) in [6, 6.07) is 0.446. The summed E-state index contributed by atoms with van der Waals surface area (Å²) in [5, 5.41) is 3.37. The highest BCUT2D eigenvalue weighted by atomic mass is 32.1. The molecule has 1 aromatic rings. The lowest BCUT2D eigenvalue weighted by molar-refractivity contribution is 0.395. The van der Waals surface area contributed by atoms with Gasteiger partial charge in [-0.05, 0) is 25.7 Å². The topological polar surface area (TPSA) is 38.9 Å². The number of aromatic nitrogens is 1. The monoisotopic (exact) mass is 182 g/mol. The predicted molar refractivity (Wildman–Crippen MR) is 51.3 cm³/mol. The van der Waals surface area contributed by atoms with Gasteiger partial charge in [0, 0.05) is 23.5 Å². The lowest BCUT2D eigenvalue weighted by Crippen LogP contribution is -2.25. The lowest BCUT2D eigenvalue weighted by atomic mass is 9.87. The fraction of sp³-hybridized carbons (Fsp3) is 0.667. The van der Waals surface area contributed by atoms with Crippen molar-refractivity contribution < 1.29 is 0 Å². The summed E-state index contributed by atoms with van der Waals surface area (Å²) < 4.78 is 0. The Morgan fingerprint density at radius 2 is 2.08 bits per heavy atom. The van der Waals surface area contributed by atoms with E-state index in [1.54, 1.807) is 11.3 Å². The Kier molecular flexibility index (Phi) is 2.42. The van der Waals surface area contributed by atoms with Crippen LogP contribution >= 0.6 is 11.3 Å². The van der Waals surface area contributed by atoms with E-state index in [2.05, 4.69) is 10.4 Å². The van der Waals surface area contributed by atoms with E-state index < -0.39 is 0 Å². The zero-order valence-corrected chi connectivity index (χ0v) is 7.89. The summed E-state index contributed by atoms with van der Waals surface area (Å²) in [5.74, 6) is 0.699. The average Bonchev–Trinajstić information content (AvgIpc) is 2.58. The van der Waals surface area contributed by atoms with E-state index in [1.165, 1.54) is 30.7 Å². The van der Waals surface area contributed by atoms with Crippen molar-refractivity contribution in [2.75, 3.05) is 0 Å². The maximum atomic E-state index is 5.83. The Hall–Kier alpha value is -0.410. The molecule has 0 spiro atoms. The van der Waals surface area contributed by atoms with E-state index in [1.807, 2.05) is 6.20 Å². The molecule has 0 radical (unpaired) electrons. The zero-order valence-electron chi connectivity index (χ0n) is 7.07. The van der Waals surface area contributed by atoms with Crippen LogP contribution in [0.5, 0.6) is 0 Å². The van der Waals surface area contributed by atoms with Crippen molar-refractivity contribution in [1.82, 2.24) is 4.98 Å². The van der Waals surface area contributed by atoms with Crippen molar-refractivity contribution in [3.05, 3.63) is 16.6 Å². The molecule has 0 saturated heterocycles. The minimum atomic E-state index is 0.446. The second-order valence-electron chi connectivity index (χ2n) is 3.48. The Balaban J connectivity index is 1.99. The number of hydrogen-bond donors (Lipinski definition) is 1. The Bertz CT molecular complexity index is 225. The van der Waals surface area contributed by atoms with Crippen molar-refractivity contribution >= 4 is 11.3 Å². The molecule has 1 aliphatic carbocycles. The second kappa shape index (κ2) is 3.54. The highest BCUT2D eigenvalue weighted by Crippen LogP contribution is 2.32. The molecule has 66 valence electrons. The zero-order chi connectivity index (χ0) is 8.39. The van der Waals surface area contributed by atoms with Gasteiger partial charge >= 0.3 is 0 Å². The third kappa shape index (κ3) is 1.67. The van der Waals surface area contributed by atoms with Crippen molar-refractivity contribution in [1.29, 1.82) is 0 Å². The van der Waals surface area contributed by atoms with Gasteiger partial charge in [0.2, 0.25) is 0 Å². The number of nitrogens with two attached hydrogens (primary N) is 1. The standard InChI is InChI=1S/C9H14N2S/c10-8-3-1-7(2-4-8)9-11-5-6-12-9/h5-8H,1-4,10H2. The molecule has 1 aromatic heterocycles. The minimum absolute atomic E-state index is 0.446. The van der Waals surface area contributed by atoms with Gasteiger partial charge in [-0.2, -0.15) is 0 Å². The van der Waals surface area contributed by atoms with Gasteiger partial charge in [-0.3, -0.25) is 0 Å². The van der Waals surface area contributed by atoms with E-state index >= 15 is 0 Å². The quantitative estimate of drug-likeness (QED) is 0.722. The van der Waals surface area contributed by atoms with Gasteiger partial charge in [0.1, 0.15) is 0 Å². The van der Waals surface area contributed by atoms with Crippen LogP contribution < -0.4 is 5.73 Å². The smallest absolute Gasteiger partial charge is 0.0955 e. The van der Waals surface area contributed by atoms with Crippen LogP contribution in [0.25, 0.3) is 0 Å². The summed E-state index contributed by atoms with van der Waals surface area (Å²) >= 11 is 1.78. The van der Waals surface area contributed by atoms with Crippen LogP contribution in [0.3, 0.4) is 0 Å². The van der Waals surface area contributed by atoms with Crippen molar-refractivity contribution in [2.24, 2.45) is 5.73 Å². The Morgan fingerprint density at radius 3 is 2.67 bits per heavy atom. The Labute approximate surface area is 76.8 Å². The molecule has 0 aliphatic heterocycles. The van der Waals surface area contributed by atoms with E-state index in [-0.39, 0.29) is 0 Å². The van der Waals surface area contributed by atoms with Crippen LogP contribution in [0, 0.1) is 0 Å². The minimum Gasteiger partial charge on any atom is -0.328 e.